The zero-order valence-electron chi connectivity index (χ0n) is 22.6. The molecule has 1 heterocycles. The standard InChI is InChI=1S/C33H42N2O2/c1-21-20-27-33(3,19-17-28(36)34-27)25-16-18-32(2)24(29(21)25)14-15-26(32)31(37)35-30(22-10-6-4-7-11-22)23-12-8-5-9-13-23/h4-13,21,24-27,29-30H,14-20H2,1-3H3,(H,34,36)(H,35,37)/t21-,24?,25?,26?,27?,29?,32-,33+/m0/s1. The smallest absolute Gasteiger partial charge is 0.224 e. The molecule has 2 N–H and O–H groups in total. The van der Waals surface area contributed by atoms with Crippen molar-refractivity contribution >= 4 is 11.8 Å². The van der Waals surface area contributed by atoms with Crippen molar-refractivity contribution in [1.29, 1.82) is 0 Å². The van der Waals surface area contributed by atoms with Gasteiger partial charge in [0.05, 0.1) is 6.04 Å². The quantitative estimate of drug-likeness (QED) is 0.522. The molecule has 2 amide bonds. The molecule has 0 bridgehead atoms. The minimum absolute atomic E-state index is 0.0402. The van der Waals surface area contributed by atoms with Crippen LogP contribution in [0, 0.1) is 40.4 Å². The highest BCUT2D eigenvalue weighted by Gasteiger charge is 2.63. The Morgan fingerprint density at radius 2 is 1.51 bits per heavy atom. The van der Waals surface area contributed by atoms with E-state index in [4.69, 9.17) is 0 Å². The molecule has 8 atom stereocenters. The van der Waals surface area contributed by atoms with Crippen molar-refractivity contribution < 1.29 is 9.59 Å². The third-order valence-electron chi connectivity index (χ3n) is 11.3. The molecule has 6 rings (SSSR count). The van der Waals surface area contributed by atoms with Gasteiger partial charge in [-0.15, -0.1) is 0 Å². The Morgan fingerprint density at radius 3 is 2.16 bits per heavy atom. The lowest BCUT2D eigenvalue weighted by atomic mass is 9.45. The maximum Gasteiger partial charge on any atom is 0.224 e. The first-order chi connectivity index (χ1) is 17.8. The number of fused-ring (bicyclic) bond motifs is 5. The van der Waals surface area contributed by atoms with Gasteiger partial charge in [0.1, 0.15) is 0 Å². The van der Waals surface area contributed by atoms with E-state index in [1.54, 1.807) is 0 Å². The van der Waals surface area contributed by atoms with Crippen LogP contribution < -0.4 is 10.6 Å². The van der Waals surface area contributed by atoms with Gasteiger partial charge in [-0.25, -0.2) is 0 Å². The van der Waals surface area contributed by atoms with Crippen LogP contribution in [0.25, 0.3) is 0 Å². The molecule has 3 aliphatic carbocycles. The van der Waals surface area contributed by atoms with E-state index in [1.807, 2.05) is 12.1 Å². The summed E-state index contributed by atoms with van der Waals surface area (Å²) >= 11 is 0. The molecule has 5 unspecified atom stereocenters. The summed E-state index contributed by atoms with van der Waals surface area (Å²) in [5, 5.41) is 6.87. The second kappa shape index (κ2) is 9.29. The van der Waals surface area contributed by atoms with Gasteiger partial charge in [-0.05, 0) is 84.2 Å². The zero-order chi connectivity index (χ0) is 25.8. The van der Waals surface area contributed by atoms with Gasteiger partial charge in [0.15, 0.2) is 0 Å². The minimum Gasteiger partial charge on any atom is -0.353 e. The lowest BCUT2D eigenvalue weighted by Crippen LogP contribution is -2.63. The van der Waals surface area contributed by atoms with Gasteiger partial charge in [0.25, 0.3) is 0 Å². The molecule has 2 aromatic rings. The minimum atomic E-state index is -0.131. The van der Waals surface area contributed by atoms with E-state index in [9.17, 15) is 9.59 Å². The first-order valence-corrected chi connectivity index (χ1v) is 14.5. The molecule has 1 aliphatic heterocycles. The molecule has 37 heavy (non-hydrogen) atoms. The van der Waals surface area contributed by atoms with Gasteiger partial charge in [-0.1, -0.05) is 81.4 Å². The van der Waals surface area contributed by atoms with E-state index in [-0.39, 0.29) is 34.6 Å². The molecule has 1 saturated heterocycles. The molecule has 2 aromatic carbocycles. The van der Waals surface area contributed by atoms with Crippen molar-refractivity contribution in [2.75, 3.05) is 0 Å². The maximum atomic E-state index is 14.1. The number of nitrogens with one attached hydrogen (secondary N) is 2. The van der Waals surface area contributed by atoms with Crippen LogP contribution in [0.1, 0.15) is 82.9 Å². The Morgan fingerprint density at radius 1 is 0.892 bits per heavy atom. The predicted octanol–water partition coefficient (Wildman–Crippen LogP) is 6.28. The fourth-order valence-electron chi connectivity index (χ4n) is 9.37. The van der Waals surface area contributed by atoms with Crippen LogP contribution in [0.5, 0.6) is 0 Å². The van der Waals surface area contributed by atoms with Gasteiger partial charge < -0.3 is 10.6 Å². The van der Waals surface area contributed by atoms with Crippen molar-refractivity contribution in [2.45, 2.75) is 77.8 Å². The summed E-state index contributed by atoms with van der Waals surface area (Å²) in [6.07, 6.45) is 7.18. The average Bonchev–Trinajstić information content (AvgIpc) is 3.26. The topological polar surface area (TPSA) is 58.2 Å². The highest BCUT2D eigenvalue weighted by Crippen LogP contribution is 2.66. The van der Waals surface area contributed by atoms with Crippen LogP contribution in [-0.4, -0.2) is 17.9 Å². The molecule has 196 valence electrons. The number of amides is 2. The first-order valence-electron chi connectivity index (χ1n) is 14.5. The highest BCUT2D eigenvalue weighted by atomic mass is 16.2. The summed E-state index contributed by atoms with van der Waals surface area (Å²) in [7, 11) is 0. The summed E-state index contributed by atoms with van der Waals surface area (Å²) in [6.45, 7) is 7.29. The Labute approximate surface area is 222 Å². The SMILES string of the molecule is C[C@H]1CC2NC(=O)CC[C@]2(C)C2CC[C@]3(C)C(C(=O)NC(c4ccccc4)c4ccccc4)CCC3C21. The lowest BCUT2D eigenvalue weighted by molar-refractivity contribution is -0.148. The number of rotatable bonds is 4. The third kappa shape index (κ3) is 4.02. The van der Waals surface area contributed by atoms with E-state index in [0.29, 0.717) is 36.1 Å². The fourth-order valence-corrected chi connectivity index (χ4v) is 9.37. The molecule has 4 aliphatic rings. The number of hydrogen-bond acceptors (Lipinski definition) is 2. The van der Waals surface area contributed by atoms with Crippen LogP contribution in [0.3, 0.4) is 0 Å². The van der Waals surface area contributed by atoms with Crippen LogP contribution in [0.15, 0.2) is 60.7 Å². The number of benzene rings is 2. The van der Waals surface area contributed by atoms with E-state index < -0.39 is 0 Å². The van der Waals surface area contributed by atoms with Crippen LogP contribution in [0.4, 0.5) is 0 Å². The van der Waals surface area contributed by atoms with Crippen molar-refractivity contribution in [1.82, 2.24) is 10.6 Å². The van der Waals surface area contributed by atoms with Crippen molar-refractivity contribution in [3.8, 4) is 0 Å². The Bertz CT molecular complexity index is 1110. The van der Waals surface area contributed by atoms with Gasteiger partial charge in [-0.2, -0.15) is 0 Å². The van der Waals surface area contributed by atoms with Crippen molar-refractivity contribution in [3.05, 3.63) is 71.8 Å². The first kappa shape index (κ1) is 24.7. The largest absolute Gasteiger partial charge is 0.353 e. The monoisotopic (exact) mass is 498 g/mol. The van der Waals surface area contributed by atoms with E-state index in [0.717, 1.165) is 43.2 Å². The van der Waals surface area contributed by atoms with Gasteiger partial charge in [0, 0.05) is 18.4 Å². The number of hydrogen-bond donors (Lipinski definition) is 2. The van der Waals surface area contributed by atoms with Crippen molar-refractivity contribution in [2.24, 2.45) is 40.4 Å². The molecule has 3 saturated carbocycles. The van der Waals surface area contributed by atoms with Crippen LogP contribution in [-0.2, 0) is 9.59 Å². The molecule has 4 nitrogen and oxygen atoms in total. The van der Waals surface area contributed by atoms with E-state index in [1.165, 1.54) is 6.42 Å². The second-order valence-electron chi connectivity index (χ2n) is 13.1. The number of piperidine rings is 1. The summed E-state index contributed by atoms with van der Waals surface area (Å²) in [6, 6.07) is 20.9. The Balaban J connectivity index is 1.25. The Kier molecular flexibility index (Phi) is 6.20. The molecule has 4 heteroatoms. The lowest BCUT2D eigenvalue weighted by Gasteiger charge is -2.62. The predicted molar refractivity (Wildman–Crippen MR) is 146 cm³/mol. The molecule has 4 fully saturated rings. The summed E-state index contributed by atoms with van der Waals surface area (Å²) in [4.78, 5) is 26.3. The zero-order valence-corrected chi connectivity index (χ0v) is 22.6. The van der Waals surface area contributed by atoms with E-state index >= 15 is 0 Å². The summed E-state index contributed by atoms with van der Waals surface area (Å²) < 4.78 is 0. The van der Waals surface area contributed by atoms with Crippen LogP contribution >= 0.6 is 0 Å². The van der Waals surface area contributed by atoms with E-state index in [2.05, 4.69) is 79.9 Å². The van der Waals surface area contributed by atoms with Gasteiger partial charge >= 0.3 is 0 Å². The molecule has 0 spiro atoms. The molecule has 0 aromatic heterocycles. The molecular formula is C33H42N2O2. The second-order valence-corrected chi connectivity index (χ2v) is 13.1. The maximum absolute atomic E-state index is 14.1. The number of carbonyl (C=O) groups excluding carboxylic acids is 2. The van der Waals surface area contributed by atoms with Gasteiger partial charge in [0.2, 0.25) is 11.8 Å². The Hall–Kier alpha value is -2.62. The van der Waals surface area contributed by atoms with Crippen LogP contribution in [0.2, 0.25) is 0 Å². The van der Waals surface area contributed by atoms with Gasteiger partial charge in [-0.3, -0.25) is 9.59 Å². The molecule has 0 radical (unpaired) electrons. The summed E-state index contributed by atoms with van der Waals surface area (Å²) in [5.41, 5.74) is 2.49. The number of carbonyl (C=O) groups is 2. The fraction of sp³-hybridized carbons (Fsp3) is 0.576. The average molecular weight is 499 g/mol. The van der Waals surface area contributed by atoms with Crippen molar-refractivity contribution in [3.63, 3.8) is 0 Å². The highest BCUT2D eigenvalue weighted by molar-refractivity contribution is 5.81. The normalized spacial score (nSPS) is 38.8. The molecular weight excluding hydrogens is 456 g/mol. The third-order valence-corrected chi connectivity index (χ3v) is 11.3. The summed E-state index contributed by atoms with van der Waals surface area (Å²) in [5.74, 6) is 2.96.